The van der Waals surface area contributed by atoms with Gasteiger partial charge in [0.1, 0.15) is 0 Å². The zero-order chi connectivity index (χ0) is 15.0. The van der Waals surface area contributed by atoms with E-state index in [0.717, 1.165) is 6.42 Å². The third-order valence-corrected chi connectivity index (χ3v) is 4.88. The van der Waals surface area contributed by atoms with Crippen LogP contribution < -0.4 is 0 Å². The van der Waals surface area contributed by atoms with Crippen molar-refractivity contribution in [1.82, 2.24) is 4.90 Å². The van der Waals surface area contributed by atoms with Gasteiger partial charge in [-0.25, -0.2) is 0 Å². The van der Waals surface area contributed by atoms with E-state index in [1.54, 1.807) is 0 Å². The van der Waals surface area contributed by atoms with Gasteiger partial charge in [0, 0.05) is 13.1 Å². The summed E-state index contributed by atoms with van der Waals surface area (Å²) in [5, 5.41) is 9.34. The average molecular weight is 287 g/mol. The lowest BCUT2D eigenvalue weighted by Gasteiger charge is -2.31. The second-order valence-electron chi connectivity index (χ2n) is 6.41. The molecule has 0 bridgehead atoms. The first-order valence-corrected chi connectivity index (χ1v) is 7.64. The number of hydrogen-bond acceptors (Lipinski definition) is 2. The second kappa shape index (κ2) is 5.51. The van der Waals surface area contributed by atoms with E-state index in [1.165, 1.54) is 11.1 Å². The fourth-order valence-corrected chi connectivity index (χ4v) is 3.76. The van der Waals surface area contributed by atoms with Crippen LogP contribution in [-0.4, -0.2) is 28.4 Å². The van der Waals surface area contributed by atoms with Crippen LogP contribution in [0.1, 0.15) is 30.9 Å². The van der Waals surface area contributed by atoms with Crippen LogP contribution in [0, 0.1) is 17.8 Å². The van der Waals surface area contributed by atoms with Gasteiger partial charge >= 0.3 is 5.97 Å². The molecule has 1 aromatic rings. The minimum atomic E-state index is -0.824. The maximum atomic E-state index is 12.7. The SMILES string of the molecule is CC1C[C@H](C(=O)N2CCc3ccccc3C2)[C@H](C(=O)O)C1. The highest BCUT2D eigenvalue weighted by atomic mass is 16.4. The zero-order valence-corrected chi connectivity index (χ0v) is 12.3. The third-order valence-electron chi connectivity index (χ3n) is 4.88. The van der Waals surface area contributed by atoms with Crippen LogP contribution in [0.2, 0.25) is 0 Å². The van der Waals surface area contributed by atoms with Gasteiger partial charge in [-0.05, 0) is 36.3 Å². The Bertz CT molecular complexity index is 569. The summed E-state index contributed by atoms with van der Waals surface area (Å²) in [5.41, 5.74) is 2.49. The summed E-state index contributed by atoms with van der Waals surface area (Å²) in [6, 6.07) is 8.18. The molecule has 0 radical (unpaired) electrons. The van der Waals surface area contributed by atoms with Crippen molar-refractivity contribution in [3.05, 3.63) is 35.4 Å². The smallest absolute Gasteiger partial charge is 0.307 e. The van der Waals surface area contributed by atoms with Crippen molar-refractivity contribution in [2.75, 3.05) is 6.54 Å². The van der Waals surface area contributed by atoms with Crippen molar-refractivity contribution in [3.8, 4) is 0 Å². The van der Waals surface area contributed by atoms with Crippen LogP contribution in [0.5, 0.6) is 0 Å². The molecule has 1 aromatic carbocycles. The van der Waals surface area contributed by atoms with Crippen molar-refractivity contribution < 1.29 is 14.7 Å². The molecule has 0 aromatic heterocycles. The quantitative estimate of drug-likeness (QED) is 0.908. The molecule has 3 atom stereocenters. The number of carbonyl (C=O) groups excluding carboxylic acids is 1. The lowest BCUT2D eigenvalue weighted by Crippen LogP contribution is -2.42. The van der Waals surface area contributed by atoms with E-state index in [9.17, 15) is 14.7 Å². The number of benzene rings is 1. The molecule has 1 aliphatic carbocycles. The molecule has 3 rings (SSSR count). The van der Waals surface area contributed by atoms with Crippen molar-refractivity contribution in [1.29, 1.82) is 0 Å². The number of hydrogen-bond donors (Lipinski definition) is 1. The molecule has 21 heavy (non-hydrogen) atoms. The first kappa shape index (κ1) is 14.1. The highest BCUT2D eigenvalue weighted by molar-refractivity contribution is 5.85. The molecule has 1 amide bonds. The van der Waals surface area contributed by atoms with Gasteiger partial charge in [-0.3, -0.25) is 9.59 Å². The number of nitrogens with zero attached hydrogens (tertiary/aromatic N) is 1. The summed E-state index contributed by atoms with van der Waals surface area (Å²) in [4.78, 5) is 26.0. The van der Waals surface area contributed by atoms with E-state index in [-0.39, 0.29) is 11.8 Å². The van der Waals surface area contributed by atoms with Crippen LogP contribution >= 0.6 is 0 Å². The summed E-state index contributed by atoms with van der Waals surface area (Å²) in [7, 11) is 0. The molecular formula is C17H21NO3. The Morgan fingerprint density at radius 1 is 1.14 bits per heavy atom. The Morgan fingerprint density at radius 2 is 1.81 bits per heavy atom. The first-order chi connectivity index (χ1) is 10.1. The minimum Gasteiger partial charge on any atom is -0.481 e. The number of fused-ring (bicyclic) bond motifs is 1. The lowest BCUT2D eigenvalue weighted by molar-refractivity contribution is -0.149. The Balaban J connectivity index is 1.76. The summed E-state index contributed by atoms with van der Waals surface area (Å²) < 4.78 is 0. The van der Waals surface area contributed by atoms with Gasteiger partial charge in [0.15, 0.2) is 0 Å². The maximum absolute atomic E-state index is 12.7. The Hall–Kier alpha value is -1.84. The molecule has 2 aliphatic rings. The number of amides is 1. The molecule has 0 saturated heterocycles. The Morgan fingerprint density at radius 3 is 2.52 bits per heavy atom. The van der Waals surface area contributed by atoms with Crippen LogP contribution in [-0.2, 0) is 22.6 Å². The van der Waals surface area contributed by atoms with Crippen LogP contribution in [0.25, 0.3) is 0 Å². The molecule has 1 unspecified atom stereocenters. The number of aliphatic carboxylic acids is 1. The van der Waals surface area contributed by atoms with E-state index >= 15 is 0 Å². The normalized spacial score (nSPS) is 28.2. The van der Waals surface area contributed by atoms with Gasteiger partial charge < -0.3 is 10.0 Å². The van der Waals surface area contributed by atoms with Gasteiger partial charge in [-0.1, -0.05) is 31.2 Å². The zero-order valence-electron chi connectivity index (χ0n) is 12.3. The topological polar surface area (TPSA) is 57.6 Å². The maximum Gasteiger partial charge on any atom is 0.307 e. The van der Waals surface area contributed by atoms with Crippen molar-refractivity contribution >= 4 is 11.9 Å². The fraction of sp³-hybridized carbons (Fsp3) is 0.529. The van der Waals surface area contributed by atoms with Gasteiger partial charge in [0.2, 0.25) is 5.91 Å². The van der Waals surface area contributed by atoms with Crippen molar-refractivity contribution in [2.24, 2.45) is 17.8 Å². The number of carboxylic acid groups (broad SMARTS) is 1. The second-order valence-corrected chi connectivity index (χ2v) is 6.41. The third kappa shape index (κ3) is 2.67. The van der Waals surface area contributed by atoms with E-state index in [4.69, 9.17) is 0 Å². The first-order valence-electron chi connectivity index (χ1n) is 7.64. The number of carbonyl (C=O) groups is 2. The fourth-order valence-electron chi connectivity index (χ4n) is 3.76. The summed E-state index contributed by atoms with van der Waals surface area (Å²) >= 11 is 0. The molecule has 4 heteroatoms. The Kier molecular flexibility index (Phi) is 3.70. The molecule has 1 saturated carbocycles. The molecule has 1 N–H and O–H groups in total. The molecule has 1 fully saturated rings. The summed E-state index contributed by atoms with van der Waals surface area (Å²) in [6.45, 7) is 3.36. The average Bonchev–Trinajstić information content (AvgIpc) is 2.88. The van der Waals surface area contributed by atoms with E-state index in [2.05, 4.69) is 12.1 Å². The van der Waals surface area contributed by atoms with Crippen molar-refractivity contribution in [3.63, 3.8) is 0 Å². The molecule has 112 valence electrons. The van der Waals surface area contributed by atoms with Gasteiger partial charge in [0.05, 0.1) is 11.8 Å². The number of rotatable bonds is 2. The van der Waals surface area contributed by atoms with E-state index in [0.29, 0.717) is 31.8 Å². The van der Waals surface area contributed by atoms with Crippen LogP contribution in [0.4, 0.5) is 0 Å². The molecule has 1 aliphatic heterocycles. The van der Waals surface area contributed by atoms with E-state index < -0.39 is 11.9 Å². The highest BCUT2D eigenvalue weighted by Crippen LogP contribution is 2.38. The highest BCUT2D eigenvalue weighted by Gasteiger charge is 2.43. The van der Waals surface area contributed by atoms with Crippen molar-refractivity contribution in [2.45, 2.75) is 32.7 Å². The lowest BCUT2D eigenvalue weighted by atomic mass is 9.92. The van der Waals surface area contributed by atoms with Gasteiger partial charge in [-0.2, -0.15) is 0 Å². The van der Waals surface area contributed by atoms with Crippen LogP contribution in [0.3, 0.4) is 0 Å². The monoisotopic (exact) mass is 287 g/mol. The largest absolute Gasteiger partial charge is 0.481 e. The summed E-state index contributed by atoms with van der Waals surface area (Å²) in [5.74, 6) is -1.33. The molecule has 4 nitrogen and oxygen atoms in total. The summed E-state index contributed by atoms with van der Waals surface area (Å²) in [6.07, 6.45) is 2.19. The van der Waals surface area contributed by atoms with E-state index in [1.807, 2.05) is 24.0 Å². The Labute approximate surface area is 124 Å². The predicted molar refractivity (Wildman–Crippen MR) is 78.6 cm³/mol. The molecule has 0 spiro atoms. The van der Waals surface area contributed by atoms with Crippen LogP contribution in [0.15, 0.2) is 24.3 Å². The number of carboxylic acids is 1. The molecular weight excluding hydrogens is 266 g/mol. The minimum absolute atomic E-state index is 0.0289. The molecule has 1 heterocycles. The predicted octanol–water partition coefficient (Wildman–Crippen LogP) is 2.32. The standard InChI is InChI=1S/C17H21NO3/c1-11-8-14(15(9-11)17(20)21)16(19)18-7-6-12-4-2-3-5-13(12)10-18/h2-5,11,14-15H,6-10H2,1H3,(H,20,21)/t11?,14-,15+/m0/s1. The van der Waals surface area contributed by atoms with Gasteiger partial charge in [-0.15, -0.1) is 0 Å². The van der Waals surface area contributed by atoms with Gasteiger partial charge in [0.25, 0.3) is 0 Å².